The van der Waals surface area contributed by atoms with Crippen LogP contribution in [-0.4, -0.2) is 54.5 Å². The molecule has 1 unspecified atom stereocenters. The third kappa shape index (κ3) is 3.41. The molecule has 1 amide bonds. The van der Waals surface area contributed by atoms with Crippen LogP contribution >= 0.6 is 0 Å². The Bertz CT molecular complexity index is 646. The molecule has 3 heterocycles. The van der Waals surface area contributed by atoms with Crippen LogP contribution in [0.5, 0.6) is 0 Å². The van der Waals surface area contributed by atoms with Crippen LogP contribution in [0, 0.1) is 18.8 Å². The molecule has 4 rings (SSSR count). The first-order valence-electron chi connectivity index (χ1n) is 10.1. The monoisotopic (exact) mass is 362 g/mol. The molecular weight excluding hydrogens is 332 g/mol. The summed E-state index contributed by atoms with van der Waals surface area (Å²) >= 11 is 0. The topological polar surface area (TPSA) is 64.8 Å². The highest BCUT2D eigenvalue weighted by molar-refractivity contribution is 5.96. The van der Waals surface area contributed by atoms with Crippen LogP contribution < -0.4 is 0 Å². The van der Waals surface area contributed by atoms with Gasteiger partial charge in [0, 0.05) is 26.2 Å². The number of aromatic nitrogens is 1. The van der Waals surface area contributed by atoms with Crippen molar-refractivity contribution in [2.24, 2.45) is 11.8 Å². The highest BCUT2D eigenvalue weighted by Gasteiger charge is 2.54. The molecular formula is C20H30N2O4. The zero-order chi connectivity index (χ0) is 18.1. The molecule has 0 N–H and O–H groups in total. The van der Waals surface area contributed by atoms with E-state index in [-0.39, 0.29) is 11.5 Å². The Hall–Kier alpha value is -1.40. The molecule has 26 heavy (non-hydrogen) atoms. The molecule has 0 bridgehead atoms. The molecule has 1 spiro atoms. The zero-order valence-corrected chi connectivity index (χ0v) is 16.0. The number of hydrogen-bond donors (Lipinski definition) is 0. The Morgan fingerprint density at radius 2 is 2.15 bits per heavy atom. The van der Waals surface area contributed by atoms with Crippen LogP contribution in [0.15, 0.2) is 4.52 Å². The van der Waals surface area contributed by atoms with Crippen molar-refractivity contribution in [3.05, 3.63) is 17.0 Å². The lowest BCUT2D eigenvalue weighted by molar-refractivity contribution is -0.120. The lowest BCUT2D eigenvalue weighted by Crippen LogP contribution is -2.66. The minimum atomic E-state index is -0.158. The van der Waals surface area contributed by atoms with Crippen LogP contribution in [0.4, 0.5) is 0 Å². The van der Waals surface area contributed by atoms with Crippen molar-refractivity contribution in [1.29, 1.82) is 0 Å². The first-order valence-corrected chi connectivity index (χ1v) is 10.1. The van der Waals surface area contributed by atoms with E-state index < -0.39 is 0 Å². The van der Waals surface area contributed by atoms with Gasteiger partial charge in [0.15, 0.2) is 0 Å². The summed E-state index contributed by atoms with van der Waals surface area (Å²) in [4.78, 5) is 14.8. The largest absolute Gasteiger partial charge is 0.381 e. The zero-order valence-electron chi connectivity index (χ0n) is 16.0. The van der Waals surface area contributed by atoms with Gasteiger partial charge in [-0.05, 0) is 50.9 Å². The van der Waals surface area contributed by atoms with Crippen molar-refractivity contribution >= 4 is 5.91 Å². The van der Waals surface area contributed by atoms with Gasteiger partial charge in [-0.2, -0.15) is 0 Å². The molecule has 3 fully saturated rings. The van der Waals surface area contributed by atoms with Gasteiger partial charge in [-0.25, -0.2) is 0 Å². The van der Waals surface area contributed by atoms with E-state index in [4.69, 9.17) is 14.0 Å². The van der Waals surface area contributed by atoms with E-state index >= 15 is 0 Å². The second-order valence-electron chi connectivity index (χ2n) is 8.18. The molecule has 3 aliphatic rings. The van der Waals surface area contributed by atoms with Gasteiger partial charge in [0.05, 0.1) is 18.8 Å². The van der Waals surface area contributed by atoms with E-state index in [9.17, 15) is 4.79 Å². The summed E-state index contributed by atoms with van der Waals surface area (Å²) in [5, 5.41) is 4.00. The number of likely N-dealkylation sites (tertiary alicyclic amines) is 1. The number of amides is 1. The van der Waals surface area contributed by atoms with Gasteiger partial charge in [0.25, 0.3) is 5.91 Å². The van der Waals surface area contributed by atoms with Crippen LogP contribution in [-0.2, 0) is 15.9 Å². The maximum Gasteiger partial charge on any atom is 0.259 e. The third-order valence-electron chi connectivity index (χ3n) is 6.09. The number of hydrogen-bond acceptors (Lipinski definition) is 5. The van der Waals surface area contributed by atoms with Crippen molar-refractivity contribution in [2.75, 3.05) is 32.9 Å². The molecule has 0 aromatic carbocycles. The Labute approximate surface area is 155 Å². The Morgan fingerprint density at radius 1 is 1.35 bits per heavy atom. The fourth-order valence-electron chi connectivity index (χ4n) is 4.29. The average molecular weight is 362 g/mol. The molecule has 1 aliphatic carbocycles. The molecule has 6 nitrogen and oxygen atoms in total. The number of carbonyl (C=O) groups is 1. The van der Waals surface area contributed by atoms with Crippen LogP contribution in [0.2, 0.25) is 0 Å². The smallest absolute Gasteiger partial charge is 0.259 e. The lowest BCUT2D eigenvalue weighted by atomic mass is 9.78. The summed E-state index contributed by atoms with van der Waals surface area (Å²) in [6.07, 6.45) is 6.44. The van der Waals surface area contributed by atoms with Gasteiger partial charge in [0.2, 0.25) is 0 Å². The number of aryl methyl sites for hydroxylation is 2. The van der Waals surface area contributed by atoms with E-state index in [1.807, 2.05) is 11.8 Å². The van der Waals surface area contributed by atoms with E-state index in [1.54, 1.807) is 0 Å². The van der Waals surface area contributed by atoms with E-state index in [2.05, 4.69) is 12.1 Å². The maximum atomic E-state index is 12.9. The fraction of sp³-hybridized carbons (Fsp3) is 0.800. The Balaban J connectivity index is 1.32. The van der Waals surface area contributed by atoms with Gasteiger partial charge in [-0.15, -0.1) is 0 Å². The van der Waals surface area contributed by atoms with Gasteiger partial charge >= 0.3 is 0 Å². The summed E-state index contributed by atoms with van der Waals surface area (Å²) in [6.45, 7) is 7.79. The molecule has 144 valence electrons. The molecule has 1 aromatic rings. The highest BCUT2D eigenvalue weighted by atomic mass is 16.5. The second-order valence-corrected chi connectivity index (χ2v) is 8.18. The van der Waals surface area contributed by atoms with Crippen molar-refractivity contribution < 1.29 is 18.8 Å². The molecule has 1 aromatic heterocycles. The molecule has 0 radical (unpaired) electrons. The number of ether oxygens (including phenoxy) is 2. The third-order valence-corrected chi connectivity index (χ3v) is 6.09. The van der Waals surface area contributed by atoms with Gasteiger partial charge in [-0.3, -0.25) is 4.79 Å². The summed E-state index contributed by atoms with van der Waals surface area (Å²) in [6, 6.07) is 0. The SMILES string of the molecule is CCCc1onc(C)c1C(=O)N1CC2(C1)OCCC2CCOCC1CC1. The van der Waals surface area contributed by atoms with E-state index in [0.717, 1.165) is 51.4 Å². The molecule has 1 saturated carbocycles. The fourth-order valence-corrected chi connectivity index (χ4v) is 4.29. The van der Waals surface area contributed by atoms with Crippen LogP contribution in [0.25, 0.3) is 0 Å². The summed E-state index contributed by atoms with van der Waals surface area (Å²) in [7, 11) is 0. The van der Waals surface area contributed by atoms with Crippen molar-refractivity contribution in [3.8, 4) is 0 Å². The molecule has 1 atom stereocenters. The minimum Gasteiger partial charge on any atom is -0.381 e. The van der Waals surface area contributed by atoms with Crippen molar-refractivity contribution in [2.45, 2.75) is 58.0 Å². The first-order chi connectivity index (χ1) is 12.6. The second kappa shape index (κ2) is 7.31. The van der Waals surface area contributed by atoms with Crippen molar-refractivity contribution in [3.63, 3.8) is 0 Å². The van der Waals surface area contributed by atoms with Gasteiger partial charge in [0.1, 0.15) is 16.9 Å². The number of nitrogens with zero attached hydrogens (tertiary/aromatic N) is 2. The normalized spacial score (nSPS) is 24.2. The predicted molar refractivity (Wildman–Crippen MR) is 96.1 cm³/mol. The number of carbonyl (C=O) groups excluding carboxylic acids is 1. The average Bonchev–Trinajstić information content (AvgIpc) is 3.21. The summed E-state index contributed by atoms with van der Waals surface area (Å²) in [5.74, 6) is 2.06. The summed E-state index contributed by atoms with van der Waals surface area (Å²) < 4.78 is 17.3. The summed E-state index contributed by atoms with van der Waals surface area (Å²) in [5.41, 5.74) is 1.19. The standard InChI is InChI=1S/C20H30N2O4/c1-3-4-17-18(14(2)21-26-17)19(23)22-12-20(13-22)16(8-10-25-20)7-9-24-11-15-5-6-15/h15-16H,3-13H2,1-2H3. The lowest BCUT2D eigenvalue weighted by Gasteiger charge is -2.50. The molecule has 2 aliphatic heterocycles. The predicted octanol–water partition coefficient (Wildman–Crippen LogP) is 2.98. The van der Waals surface area contributed by atoms with Crippen LogP contribution in [0.3, 0.4) is 0 Å². The maximum absolute atomic E-state index is 12.9. The first kappa shape index (κ1) is 18.0. The van der Waals surface area contributed by atoms with Gasteiger partial charge in [-0.1, -0.05) is 12.1 Å². The van der Waals surface area contributed by atoms with Crippen LogP contribution in [0.1, 0.15) is 60.8 Å². The Kier molecular flexibility index (Phi) is 5.06. The quantitative estimate of drug-likeness (QED) is 0.665. The van der Waals surface area contributed by atoms with Gasteiger partial charge < -0.3 is 18.9 Å². The number of rotatable bonds is 8. The van der Waals surface area contributed by atoms with Crippen molar-refractivity contribution in [1.82, 2.24) is 10.1 Å². The van der Waals surface area contributed by atoms with E-state index in [0.29, 0.717) is 36.0 Å². The molecule has 2 saturated heterocycles. The highest BCUT2D eigenvalue weighted by Crippen LogP contribution is 2.42. The van der Waals surface area contributed by atoms with E-state index in [1.165, 1.54) is 12.8 Å². The minimum absolute atomic E-state index is 0.0389. The molecule has 6 heteroatoms. The Morgan fingerprint density at radius 3 is 2.88 bits per heavy atom.